The lowest BCUT2D eigenvalue weighted by Gasteiger charge is -2.15. The highest BCUT2D eigenvalue weighted by Gasteiger charge is 2.13. The first-order valence-corrected chi connectivity index (χ1v) is 7.63. The smallest absolute Gasteiger partial charge is 0.0743 e. The van der Waals surface area contributed by atoms with E-state index in [-0.39, 0.29) is 0 Å². The molecule has 0 fully saturated rings. The van der Waals surface area contributed by atoms with E-state index in [4.69, 9.17) is 10.7 Å². The minimum absolute atomic E-state index is 0.830. The highest BCUT2D eigenvalue weighted by Crippen LogP contribution is 2.34. The van der Waals surface area contributed by atoms with Crippen LogP contribution in [0.1, 0.15) is 27.8 Å². The second kappa shape index (κ2) is 5.13. The van der Waals surface area contributed by atoms with Gasteiger partial charge in [-0.15, -0.1) is 0 Å². The molecule has 0 bridgehead atoms. The Balaban J connectivity index is 2.40. The second-order valence-corrected chi connectivity index (χ2v) is 6.24. The Morgan fingerprint density at radius 3 is 2.05 bits per heavy atom. The zero-order chi connectivity index (χ0) is 16.0. The average Bonchev–Trinajstić information content (AvgIpc) is 2.47. The number of aryl methyl sites for hydroxylation is 5. The quantitative estimate of drug-likeness (QED) is 0.639. The van der Waals surface area contributed by atoms with Gasteiger partial charge in [-0.1, -0.05) is 24.3 Å². The number of pyridine rings is 1. The monoisotopic (exact) mass is 290 g/mol. The number of rotatable bonds is 1. The van der Waals surface area contributed by atoms with Crippen LogP contribution < -0.4 is 5.73 Å². The molecule has 3 rings (SSSR count). The third-order valence-corrected chi connectivity index (χ3v) is 4.50. The predicted octanol–water partition coefficient (Wildman–Crippen LogP) is 5.03. The third kappa shape index (κ3) is 2.16. The zero-order valence-electron chi connectivity index (χ0n) is 13.9. The minimum Gasteiger partial charge on any atom is -0.398 e. The molecule has 0 spiro atoms. The van der Waals surface area contributed by atoms with Crippen LogP contribution in [0.4, 0.5) is 5.69 Å². The van der Waals surface area contributed by atoms with E-state index in [1.54, 1.807) is 0 Å². The summed E-state index contributed by atoms with van der Waals surface area (Å²) >= 11 is 0. The Morgan fingerprint density at radius 2 is 1.32 bits per heavy atom. The van der Waals surface area contributed by atoms with Crippen molar-refractivity contribution in [3.63, 3.8) is 0 Å². The van der Waals surface area contributed by atoms with Crippen molar-refractivity contribution >= 4 is 16.6 Å². The molecule has 22 heavy (non-hydrogen) atoms. The summed E-state index contributed by atoms with van der Waals surface area (Å²) in [4.78, 5) is 4.95. The van der Waals surface area contributed by atoms with E-state index in [1.165, 1.54) is 27.6 Å². The van der Waals surface area contributed by atoms with Gasteiger partial charge < -0.3 is 5.73 Å². The predicted molar refractivity (Wildman–Crippen MR) is 95.3 cm³/mol. The molecular formula is C20H22N2. The minimum atomic E-state index is 0.830. The van der Waals surface area contributed by atoms with E-state index in [2.05, 4.69) is 58.0 Å². The van der Waals surface area contributed by atoms with Crippen LogP contribution in [0.5, 0.6) is 0 Å². The number of nitrogens with two attached hydrogens (primary N) is 1. The summed E-state index contributed by atoms with van der Waals surface area (Å²) in [5.74, 6) is 0. The van der Waals surface area contributed by atoms with Crippen molar-refractivity contribution in [3.05, 3.63) is 58.1 Å². The maximum absolute atomic E-state index is 6.34. The van der Waals surface area contributed by atoms with Gasteiger partial charge in [0.1, 0.15) is 0 Å². The largest absolute Gasteiger partial charge is 0.398 e. The van der Waals surface area contributed by atoms with Crippen molar-refractivity contribution in [3.8, 4) is 11.3 Å². The molecule has 0 aliphatic rings. The normalized spacial score (nSPS) is 11.1. The van der Waals surface area contributed by atoms with E-state index < -0.39 is 0 Å². The van der Waals surface area contributed by atoms with Crippen molar-refractivity contribution in [1.29, 1.82) is 0 Å². The van der Waals surface area contributed by atoms with Crippen LogP contribution in [0.15, 0.2) is 30.3 Å². The van der Waals surface area contributed by atoms with E-state index in [0.717, 1.165) is 28.0 Å². The fraction of sp³-hybridized carbons (Fsp3) is 0.250. The molecule has 2 nitrogen and oxygen atoms in total. The lowest BCUT2D eigenvalue weighted by molar-refractivity contribution is 1.29. The first-order valence-electron chi connectivity index (χ1n) is 7.63. The molecule has 0 aliphatic heterocycles. The van der Waals surface area contributed by atoms with Gasteiger partial charge in [0, 0.05) is 16.6 Å². The van der Waals surface area contributed by atoms with Crippen LogP contribution in [0.2, 0.25) is 0 Å². The number of hydrogen-bond donors (Lipinski definition) is 1. The van der Waals surface area contributed by atoms with E-state index >= 15 is 0 Å². The van der Waals surface area contributed by atoms with Gasteiger partial charge >= 0.3 is 0 Å². The van der Waals surface area contributed by atoms with Gasteiger partial charge in [-0.2, -0.15) is 0 Å². The topological polar surface area (TPSA) is 38.9 Å². The summed E-state index contributed by atoms with van der Waals surface area (Å²) in [6, 6.07) is 10.6. The lowest BCUT2D eigenvalue weighted by Crippen LogP contribution is -2.00. The first kappa shape index (κ1) is 14.6. The van der Waals surface area contributed by atoms with Crippen LogP contribution in [0, 0.1) is 34.6 Å². The Labute approximate surface area is 132 Å². The van der Waals surface area contributed by atoms with Gasteiger partial charge in [0.15, 0.2) is 0 Å². The number of hydrogen-bond acceptors (Lipinski definition) is 2. The van der Waals surface area contributed by atoms with Crippen LogP contribution in [0.25, 0.3) is 22.2 Å². The standard InChI is InChI=1S/C20H22N2/c1-11-7-9-14(4)20-17(11)15(5)10-16(22-20)18-12(2)6-8-13(3)19(18)21/h6-10H,21H2,1-5H3. The van der Waals surface area contributed by atoms with Crippen LogP contribution >= 0.6 is 0 Å². The van der Waals surface area contributed by atoms with Crippen molar-refractivity contribution in [2.24, 2.45) is 0 Å². The maximum atomic E-state index is 6.34. The molecule has 0 atom stereocenters. The highest BCUT2D eigenvalue weighted by atomic mass is 14.7. The summed E-state index contributed by atoms with van der Waals surface area (Å²) in [6.45, 7) is 10.5. The molecule has 2 heteroatoms. The number of fused-ring (bicyclic) bond motifs is 1. The molecule has 112 valence electrons. The SMILES string of the molecule is Cc1ccc(C)c(-c2cc(C)c3c(C)ccc(C)c3n2)c1N. The van der Waals surface area contributed by atoms with E-state index in [1.807, 2.05) is 6.92 Å². The molecule has 0 amide bonds. The van der Waals surface area contributed by atoms with Gasteiger partial charge in [0.05, 0.1) is 11.2 Å². The lowest BCUT2D eigenvalue weighted by atomic mass is 9.95. The van der Waals surface area contributed by atoms with Gasteiger partial charge in [0.2, 0.25) is 0 Å². The fourth-order valence-electron chi connectivity index (χ4n) is 3.17. The van der Waals surface area contributed by atoms with E-state index in [9.17, 15) is 0 Å². The van der Waals surface area contributed by atoms with Crippen molar-refractivity contribution in [1.82, 2.24) is 4.98 Å². The molecule has 0 saturated carbocycles. The summed E-state index contributed by atoms with van der Waals surface area (Å²) in [7, 11) is 0. The summed E-state index contributed by atoms with van der Waals surface area (Å²) in [6.07, 6.45) is 0. The van der Waals surface area contributed by atoms with Crippen LogP contribution in [0.3, 0.4) is 0 Å². The van der Waals surface area contributed by atoms with Crippen molar-refractivity contribution in [2.45, 2.75) is 34.6 Å². The number of anilines is 1. The summed E-state index contributed by atoms with van der Waals surface area (Å²) < 4.78 is 0. The maximum Gasteiger partial charge on any atom is 0.0743 e. The second-order valence-electron chi connectivity index (χ2n) is 6.24. The van der Waals surface area contributed by atoms with Crippen LogP contribution in [-0.4, -0.2) is 4.98 Å². The molecule has 0 aliphatic carbocycles. The van der Waals surface area contributed by atoms with Gasteiger partial charge in [-0.25, -0.2) is 4.98 Å². The zero-order valence-corrected chi connectivity index (χ0v) is 13.9. The summed E-state index contributed by atoms with van der Waals surface area (Å²) in [5, 5.41) is 1.26. The number of benzene rings is 2. The highest BCUT2D eigenvalue weighted by molar-refractivity contribution is 5.91. The molecule has 2 N–H and O–H groups in total. The number of nitrogen functional groups attached to an aromatic ring is 1. The van der Waals surface area contributed by atoms with Gasteiger partial charge in [0.25, 0.3) is 0 Å². The van der Waals surface area contributed by atoms with Gasteiger partial charge in [-0.05, 0) is 68.5 Å². The molecule has 0 radical (unpaired) electrons. The Kier molecular flexibility index (Phi) is 3.40. The Bertz CT molecular complexity index is 892. The number of aromatic nitrogens is 1. The van der Waals surface area contributed by atoms with Gasteiger partial charge in [-0.3, -0.25) is 0 Å². The molecule has 0 unspecified atom stereocenters. The Hall–Kier alpha value is -2.35. The van der Waals surface area contributed by atoms with E-state index in [0.29, 0.717) is 0 Å². The molecular weight excluding hydrogens is 268 g/mol. The fourth-order valence-corrected chi connectivity index (χ4v) is 3.17. The molecule has 3 aromatic rings. The third-order valence-electron chi connectivity index (χ3n) is 4.50. The van der Waals surface area contributed by atoms with Crippen molar-refractivity contribution < 1.29 is 0 Å². The summed E-state index contributed by atoms with van der Waals surface area (Å²) in [5.41, 5.74) is 16.3. The molecule has 0 saturated heterocycles. The average molecular weight is 290 g/mol. The van der Waals surface area contributed by atoms with Crippen molar-refractivity contribution in [2.75, 3.05) is 5.73 Å². The van der Waals surface area contributed by atoms with Crippen LogP contribution in [-0.2, 0) is 0 Å². The first-order chi connectivity index (χ1) is 10.4. The Morgan fingerprint density at radius 1 is 0.727 bits per heavy atom. The molecule has 1 aromatic heterocycles. The molecule has 2 aromatic carbocycles. The molecule has 1 heterocycles. The number of nitrogens with zero attached hydrogens (tertiary/aromatic N) is 1.